The van der Waals surface area contributed by atoms with Gasteiger partial charge < -0.3 is 10.5 Å². The molecule has 2 rings (SSSR count). The van der Waals surface area contributed by atoms with Crippen molar-refractivity contribution in [1.29, 1.82) is 0 Å². The Hall–Kier alpha value is -1.17. The van der Waals surface area contributed by atoms with Gasteiger partial charge in [-0.2, -0.15) is 0 Å². The Bertz CT molecular complexity index is 459. The van der Waals surface area contributed by atoms with Gasteiger partial charge in [0.15, 0.2) is 0 Å². The number of halogens is 1. The first-order valence-electron chi connectivity index (χ1n) is 6.37. The lowest BCUT2D eigenvalue weighted by Gasteiger charge is -2.26. The van der Waals surface area contributed by atoms with E-state index in [0.29, 0.717) is 10.6 Å². The largest absolute Gasteiger partial charge is 0.373 e. The predicted molar refractivity (Wildman–Crippen MR) is 73.1 cm³/mol. The molecule has 0 unspecified atom stereocenters. The molecule has 0 saturated heterocycles. The fourth-order valence-corrected chi connectivity index (χ4v) is 2.54. The molecule has 0 heterocycles. The first-order chi connectivity index (χ1) is 9.08. The van der Waals surface area contributed by atoms with E-state index < -0.39 is 4.92 Å². The lowest BCUT2D eigenvalue weighted by atomic mass is 9.94. The van der Waals surface area contributed by atoms with Crippen LogP contribution in [0.5, 0.6) is 0 Å². The molecule has 0 aromatic heterocycles. The van der Waals surface area contributed by atoms with Crippen molar-refractivity contribution in [3.63, 3.8) is 0 Å². The summed E-state index contributed by atoms with van der Waals surface area (Å²) < 4.78 is 5.74. The van der Waals surface area contributed by atoms with Crippen molar-refractivity contribution in [3.8, 4) is 0 Å². The number of benzene rings is 1. The van der Waals surface area contributed by atoms with E-state index in [4.69, 9.17) is 22.1 Å². The Kier molecular flexibility index (Phi) is 4.74. The summed E-state index contributed by atoms with van der Waals surface area (Å²) in [5, 5.41) is 11.3. The summed E-state index contributed by atoms with van der Waals surface area (Å²) in [5.41, 5.74) is 6.29. The molecule has 6 heteroatoms. The monoisotopic (exact) mass is 284 g/mol. The molecule has 0 spiro atoms. The first-order valence-corrected chi connectivity index (χ1v) is 6.74. The van der Waals surface area contributed by atoms with Gasteiger partial charge in [0.05, 0.1) is 28.2 Å². The van der Waals surface area contributed by atoms with Crippen molar-refractivity contribution in [1.82, 2.24) is 0 Å². The molecular formula is C13H17ClN2O3. The second-order valence-corrected chi connectivity index (χ2v) is 5.25. The van der Waals surface area contributed by atoms with E-state index in [2.05, 4.69) is 0 Å². The van der Waals surface area contributed by atoms with Crippen LogP contribution in [-0.2, 0) is 11.3 Å². The zero-order valence-electron chi connectivity index (χ0n) is 10.5. The van der Waals surface area contributed by atoms with E-state index >= 15 is 0 Å². The fraction of sp³-hybridized carbons (Fsp3) is 0.538. The molecule has 1 aliphatic carbocycles. The molecule has 0 aliphatic heterocycles. The molecule has 104 valence electrons. The van der Waals surface area contributed by atoms with Crippen LogP contribution in [0.4, 0.5) is 5.69 Å². The normalized spacial score (nSPS) is 23.3. The van der Waals surface area contributed by atoms with Gasteiger partial charge in [0, 0.05) is 12.1 Å². The third kappa shape index (κ3) is 3.65. The molecule has 0 amide bonds. The van der Waals surface area contributed by atoms with Gasteiger partial charge >= 0.3 is 0 Å². The van der Waals surface area contributed by atoms with Crippen LogP contribution in [0.3, 0.4) is 0 Å². The van der Waals surface area contributed by atoms with Crippen molar-refractivity contribution < 1.29 is 9.66 Å². The lowest BCUT2D eigenvalue weighted by molar-refractivity contribution is -0.386. The van der Waals surface area contributed by atoms with Crippen molar-refractivity contribution in [3.05, 3.63) is 38.9 Å². The fourth-order valence-electron chi connectivity index (χ4n) is 2.32. The minimum atomic E-state index is -0.429. The highest BCUT2D eigenvalue weighted by Crippen LogP contribution is 2.29. The number of hydrogen-bond acceptors (Lipinski definition) is 4. The van der Waals surface area contributed by atoms with Crippen LogP contribution < -0.4 is 5.73 Å². The average molecular weight is 285 g/mol. The van der Waals surface area contributed by atoms with Gasteiger partial charge in [0.25, 0.3) is 5.69 Å². The number of ether oxygens (including phenoxy) is 1. The molecule has 1 aromatic rings. The number of nitrogens with two attached hydrogens (primary N) is 1. The van der Waals surface area contributed by atoms with E-state index in [9.17, 15) is 10.1 Å². The molecule has 19 heavy (non-hydrogen) atoms. The molecule has 2 N–H and O–H groups in total. The lowest BCUT2D eigenvalue weighted by Crippen LogP contribution is -2.30. The summed E-state index contributed by atoms with van der Waals surface area (Å²) in [6.45, 7) is 0.176. The Labute approximate surface area is 116 Å². The Morgan fingerprint density at radius 3 is 2.68 bits per heavy atom. The van der Waals surface area contributed by atoms with E-state index in [1.807, 2.05) is 0 Å². The summed E-state index contributed by atoms with van der Waals surface area (Å²) in [7, 11) is 0. The summed E-state index contributed by atoms with van der Waals surface area (Å²) in [5.74, 6) is 0. The van der Waals surface area contributed by atoms with E-state index in [1.54, 1.807) is 12.1 Å². The minimum Gasteiger partial charge on any atom is -0.373 e. The van der Waals surface area contributed by atoms with Crippen LogP contribution >= 0.6 is 11.6 Å². The van der Waals surface area contributed by atoms with Crippen LogP contribution in [0.2, 0.25) is 5.02 Å². The van der Waals surface area contributed by atoms with Gasteiger partial charge in [-0.3, -0.25) is 10.1 Å². The van der Waals surface area contributed by atoms with Gasteiger partial charge in [-0.05, 0) is 31.7 Å². The van der Waals surface area contributed by atoms with Crippen molar-refractivity contribution >= 4 is 17.3 Å². The topological polar surface area (TPSA) is 78.4 Å². The van der Waals surface area contributed by atoms with Crippen molar-refractivity contribution in [2.24, 2.45) is 5.73 Å². The number of nitrogens with zero attached hydrogens (tertiary/aromatic N) is 1. The Balaban J connectivity index is 2.01. The third-order valence-corrected chi connectivity index (χ3v) is 3.83. The highest BCUT2D eigenvalue weighted by Gasteiger charge is 2.22. The third-order valence-electron chi connectivity index (χ3n) is 3.47. The Morgan fingerprint density at radius 2 is 2.05 bits per heavy atom. The smallest absolute Gasteiger partial charge is 0.276 e. The molecule has 0 atom stereocenters. The molecule has 0 bridgehead atoms. The second kappa shape index (κ2) is 6.32. The zero-order valence-corrected chi connectivity index (χ0v) is 11.3. The van der Waals surface area contributed by atoms with Crippen LogP contribution in [0, 0.1) is 10.1 Å². The molecule has 1 fully saturated rings. The number of nitro groups is 1. The summed E-state index contributed by atoms with van der Waals surface area (Å²) >= 11 is 6.01. The van der Waals surface area contributed by atoms with Crippen LogP contribution in [0.15, 0.2) is 18.2 Å². The SMILES string of the molecule is NC1CCC(OCc2c(Cl)cccc2[N+](=O)[O-])CC1. The number of rotatable bonds is 4. The zero-order chi connectivity index (χ0) is 13.8. The summed E-state index contributed by atoms with van der Waals surface area (Å²) in [6.07, 6.45) is 3.80. The molecule has 5 nitrogen and oxygen atoms in total. The van der Waals surface area contributed by atoms with Gasteiger partial charge in [-0.1, -0.05) is 17.7 Å². The highest BCUT2D eigenvalue weighted by molar-refractivity contribution is 6.31. The van der Waals surface area contributed by atoms with Crippen molar-refractivity contribution in [2.75, 3.05) is 0 Å². The average Bonchev–Trinajstić information content (AvgIpc) is 2.39. The number of hydrogen-bond donors (Lipinski definition) is 1. The van der Waals surface area contributed by atoms with E-state index in [1.165, 1.54) is 6.07 Å². The maximum Gasteiger partial charge on any atom is 0.276 e. The van der Waals surface area contributed by atoms with Crippen LogP contribution in [0.1, 0.15) is 31.2 Å². The van der Waals surface area contributed by atoms with Gasteiger partial charge in [-0.25, -0.2) is 0 Å². The Morgan fingerprint density at radius 1 is 1.37 bits per heavy atom. The summed E-state index contributed by atoms with van der Waals surface area (Å²) in [6, 6.07) is 4.92. The standard InChI is InChI=1S/C13H17ClN2O3/c14-12-2-1-3-13(16(17)18)11(12)8-19-10-6-4-9(15)5-7-10/h1-3,9-10H,4-8,15H2. The van der Waals surface area contributed by atoms with Gasteiger partial charge in [0.1, 0.15) is 0 Å². The number of nitro benzene ring substituents is 1. The summed E-state index contributed by atoms with van der Waals surface area (Å²) in [4.78, 5) is 10.5. The maximum atomic E-state index is 10.9. The quantitative estimate of drug-likeness (QED) is 0.681. The molecule has 1 aliphatic rings. The molecule has 1 aromatic carbocycles. The van der Waals surface area contributed by atoms with Gasteiger partial charge in [-0.15, -0.1) is 0 Å². The second-order valence-electron chi connectivity index (χ2n) is 4.84. The van der Waals surface area contributed by atoms with Crippen LogP contribution in [0.25, 0.3) is 0 Å². The molecular weight excluding hydrogens is 268 g/mol. The van der Waals surface area contributed by atoms with Crippen molar-refractivity contribution in [2.45, 2.75) is 44.4 Å². The van der Waals surface area contributed by atoms with Crippen LogP contribution in [-0.4, -0.2) is 17.1 Å². The first kappa shape index (κ1) is 14.2. The predicted octanol–water partition coefficient (Wildman–Crippen LogP) is 3.03. The maximum absolute atomic E-state index is 10.9. The highest BCUT2D eigenvalue weighted by atomic mass is 35.5. The molecule has 0 radical (unpaired) electrons. The minimum absolute atomic E-state index is 0.0139. The van der Waals surface area contributed by atoms with E-state index in [0.717, 1.165) is 25.7 Å². The molecule has 1 saturated carbocycles. The van der Waals surface area contributed by atoms with Gasteiger partial charge in [0.2, 0.25) is 0 Å². The van der Waals surface area contributed by atoms with E-state index in [-0.39, 0.29) is 24.4 Å².